The summed E-state index contributed by atoms with van der Waals surface area (Å²) in [5.41, 5.74) is 0.837. The van der Waals surface area contributed by atoms with E-state index in [9.17, 15) is 28.9 Å². The molecule has 4 N–H and O–H groups in total. The van der Waals surface area contributed by atoms with Crippen molar-refractivity contribution < 1.29 is 38.4 Å². The van der Waals surface area contributed by atoms with Gasteiger partial charge in [0.05, 0.1) is 31.3 Å². The zero-order chi connectivity index (χ0) is 26.8. The Morgan fingerprint density at radius 3 is 2.62 bits per heavy atom. The third-order valence-corrected chi connectivity index (χ3v) is 7.84. The lowest BCUT2D eigenvalue weighted by Crippen LogP contribution is -2.35. The van der Waals surface area contributed by atoms with Gasteiger partial charge in [0.25, 0.3) is 0 Å². The maximum absolute atomic E-state index is 13.6. The molecule has 1 aromatic heterocycles. The van der Waals surface area contributed by atoms with Crippen molar-refractivity contribution >= 4 is 22.5 Å². The number of amides is 1. The quantitative estimate of drug-likeness (QED) is 0.425. The molecule has 1 aliphatic heterocycles. The number of benzene rings is 1. The van der Waals surface area contributed by atoms with Crippen molar-refractivity contribution in [2.75, 3.05) is 18.5 Å². The van der Waals surface area contributed by atoms with Gasteiger partial charge in [0.1, 0.15) is 0 Å². The lowest BCUT2D eigenvalue weighted by Gasteiger charge is -2.30. The Labute approximate surface area is 213 Å². The van der Waals surface area contributed by atoms with E-state index in [0.29, 0.717) is 18.5 Å². The molecule has 2 unspecified atom stereocenters. The number of aliphatic hydroxyl groups excluding tert-OH is 3. The fraction of sp³-hybridized carbons (Fsp3) is 0.519. The molecule has 8 nitrogen and oxygen atoms in total. The van der Waals surface area contributed by atoms with Crippen LogP contribution in [-0.4, -0.2) is 51.4 Å². The summed E-state index contributed by atoms with van der Waals surface area (Å²) in [5, 5.41) is 33.2. The Morgan fingerprint density at radius 1 is 1.24 bits per heavy atom. The van der Waals surface area contributed by atoms with Crippen LogP contribution < -0.4 is 5.32 Å². The minimum Gasteiger partial charge on any atom is -0.400 e. The van der Waals surface area contributed by atoms with Crippen LogP contribution in [0.25, 0.3) is 10.9 Å². The first-order valence-electron chi connectivity index (χ1n) is 12.4. The fourth-order valence-corrected chi connectivity index (χ4v) is 5.55. The van der Waals surface area contributed by atoms with Crippen molar-refractivity contribution in [3.8, 4) is 0 Å². The molecule has 2 aromatic rings. The number of nitrogens with one attached hydrogen (secondary N) is 1. The van der Waals surface area contributed by atoms with Gasteiger partial charge in [0.15, 0.2) is 11.5 Å². The van der Waals surface area contributed by atoms with E-state index in [1.54, 1.807) is 19.1 Å². The largest absolute Gasteiger partial charge is 0.585 e. The van der Waals surface area contributed by atoms with Crippen LogP contribution >= 0.6 is 0 Å². The number of carbonyl (C=O) groups is 1. The van der Waals surface area contributed by atoms with Gasteiger partial charge >= 0.3 is 6.29 Å². The van der Waals surface area contributed by atoms with Gasteiger partial charge in [-0.1, -0.05) is 26.8 Å². The van der Waals surface area contributed by atoms with E-state index in [1.807, 2.05) is 36.6 Å². The smallest absolute Gasteiger partial charge is 0.400 e. The van der Waals surface area contributed by atoms with Crippen molar-refractivity contribution in [1.82, 2.24) is 4.57 Å². The normalized spacial score (nSPS) is 24.4. The first kappa shape index (κ1) is 25.7. The average Bonchev–Trinajstić information content (AvgIpc) is 3.48. The summed E-state index contributed by atoms with van der Waals surface area (Å²) < 4.78 is 38.4. The van der Waals surface area contributed by atoms with Crippen molar-refractivity contribution in [1.29, 1.82) is 0 Å². The number of allylic oxidation sites excluding steroid dienone is 3. The van der Waals surface area contributed by atoms with Gasteiger partial charge in [0, 0.05) is 39.5 Å². The van der Waals surface area contributed by atoms with Gasteiger partial charge in [-0.25, -0.2) is 0 Å². The average molecular weight is 519 g/mol. The molecule has 5 rings (SSSR count). The standard InChI is InChI=1S/C27H32F2N2O6/c1-15-19(5-7-21-23(15)37-27(28,29)36-21)26(8-9-26)24(35)30-17-4-6-20-16(10-17)11-22(25(2,3)14-33)31(20)12-18(34)13-32/h4-7,10-11,15,18-19,32-34H,8-9,12-14H2,1-3H3,(H,30,35)/t15?,18-,19?/m1/s1. The Kier molecular flexibility index (Phi) is 6.12. The molecule has 3 atom stereocenters. The Bertz CT molecular complexity index is 1290. The molecule has 37 heavy (non-hydrogen) atoms. The van der Waals surface area contributed by atoms with Crippen LogP contribution in [0.4, 0.5) is 14.5 Å². The number of fused-ring (bicyclic) bond motifs is 1. The molecule has 1 amide bonds. The molecule has 2 heterocycles. The predicted octanol–water partition coefficient (Wildman–Crippen LogP) is 3.61. The first-order chi connectivity index (χ1) is 17.4. The number of anilines is 1. The fourth-order valence-electron chi connectivity index (χ4n) is 5.55. The molecule has 200 valence electrons. The number of ether oxygens (including phenoxy) is 2. The highest BCUT2D eigenvalue weighted by Crippen LogP contribution is 2.59. The second kappa shape index (κ2) is 8.82. The van der Waals surface area contributed by atoms with E-state index < -0.39 is 35.8 Å². The van der Waals surface area contributed by atoms with Crippen LogP contribution in [0.15, 0.2) is 47.9 Å². The molecular weight excluding hydrogens is 486 g/mol. The zero-order valence-electron chi connectivity index (χ0n) is 21.0. The van der Waals surface area contributed by atoms with E-state index in [-0.39, 0.29) is 36.5 Å². The summed E-state index contributed by atoms with van der Waals surface area (Å²) >= 11 is 0. The van der Waals surface area contributed by atoms with Crippen LogP contribution in [0.5, 0.6) is 0 Å². The number of carbonyl (C=O) groups excluding carboxylic acids is 1. The van der Waals surface area contributed by atoms with Gasteiger partial charge in [0.2, 0.25) is 5.91 Å². The second-order valence-electron chi connectivity index (χ2n) is 11.0. The van der Waals surface area contributed by atoms with Crippen LogP contribution in [0.2, 0.25) is 0 Å². The molecule has 1 aromatic carbocycles. The molecule has 2 aliphatic carbocycles. The van der Waals surface area contributed by atoms with Crippen LogP contribution in [0.3, 0.4) is 0 Å². The lowest BCUT2D eigenvalue weighted by atomic mass is 9.75. The van der Waals surface area contributed by atoms with Crippen LogP contribution in [0, 0.1) is 17.3 Å². The topological polar surface area (TPSA) is 113 Å². The minimum absolute atomic E-state index is 0.00726. The number of halogens is 2. The number of aliphatic hydroxyl groups is 3. The summed E-state index contributed by atoms with van der Waals surface area (Å²) in [6, 6.07) is 7.34. The van der Waals surface area contributed by atoms with Crippen molar-refractivity contribution in [3.63, 3.8) is 0 Å². The van der Waals surface area contributed by atoms with E-state index in [2.05, 4.69) is 10.1 Å². The Balaban J connectivity index is 1.39. The number of aromatic nitrogens is 1. The highest BCUT2D eigenvalue weighted by atomic mass is 19.3. The Hall–Kier alpha value is -2.95. The molecule has 1 saturated carbocycles. The Morgan fingerprint density at radius 2 is 1.97 bits per heavy atom. The van der Waals surface area contributed by atoms with Gasteiger partial charge in [-0.05, 0) is 43.2 Å². The molecule has 1 fully saturated rings. The summed E-state index contributed by atoms with van der Waals surface area (Å²) in [4.78, 5) is 13.5. The molecule has 0 spiro atoms. The number of nitrogens with zero attached hydrogens (tertiary/aromatic N) is 1. The van der Waals surface area contributed by atoms with E-state index in [1.165, 1.54) is 6.08 Å². The van der Waals surface area contributed by atoms with Crippen molar-refractivity contribution in [2.24, 2.45) is 17.3 Å². The summed E-state index contributed by atoms with van der Waals surface area (Å²) in [6.07, 6.45) is -0.170. The monoisotopic (exact) mass is 518 g/mol. The third kappa shape index (κ3) is 4.41. The number of alkyl halides is 2. The van der Waals surface area contributed by atoms with Gasteiger partial charge in [-0.3, -0.25) is 4.79 Å². The maximum Gasteiger partial charge on any atom is 0.585 e. The number of rotatable bonds is 8. The van der Waals surface area contributed by atoms with Gasteiger partial charge in [-0.15, -0.1) is 8.78 Å². The molecule has 0 radical (unpaired) electrons. The predicted molar refractivity (Wildman–Crippen MR) is 131 cm³/mol. The second-order valence-corrected chi connectivity index (χ2v) is 11.0. The summed E-state index contributed by atoms with van der Waals surface area (Å²) in [6.45, 7) is 5.19. The van der Waals surface area contributed by atoms with Crippen molar-refractivity contribution in [2.45, 2.75) is 58.0 Å². The van der Waals surface area contributed by atoms with Crippen LogP contribution in [0.1, 0.15) is 39.3 Å². The molecule has 0 bridgehead atoms. The third-order valence-electron chi connectivity index (χ3n) is 7.84. The number of hydrogen-bond acceptors (Lipinski definition) is 6. The minimum atomic E-state index is -3.69. The number of hydrogen-bond donors (Lipinski definition) is 4. The van der Waals surface area contributed by atoms with Gasteiger partial charge < -0.3 is 34.7 Å². The zero-order valence-corrected chi connectivity index (χ0v) is 21.0. The van der Waals surface area contributed by atoms with E-state index in [0.717, 1.165) is 16.6 Å². The molecular formula is C27H32F2N2O6. The lowest BCUT2D eigenvalue weighted by molar-refractivity contribution is -0.338. The van der Waals surface area contributed by atoms with E-state index in [4.69, 9.17) is 4.74 Å². The molecule has 10 heteroatoms. The highest BCUT2D eigenvalue weighted by Gasteiger charge is 2.59. The van der Waals surface area contributed by atoms with Crippen LogP contribution in [-0.2, 0) is 26.2 Å². The molecule has 3 aliphatic rings. The summed E-state index contributed by atoms with van der Waals surface area (Å²) in [5.74, 6) is -0.866. The van der Waals surface area contributed by atoms with Crippen molar-refractivity contribution in [3.05, 3.63) is 53.6 Å². The summed E-state index contributed by atoms with van der Waals surface area (Å²) in [7, 11) is 0. The SMILES string of the molecule is CC1C2=C(C=CC1C1(C(=O)Nc3ccc4c(c3)cc(C(C)(C)CO)n4C[C@@H](O)CO)CC1)OC(F)(F)O2. The highest BCUT2D eigenvalue weighted by molar-refractivity contribution is 5.99. The molecule has 0 saturated heterocycles. The van der Waals surface area contributed by atoms with Gasteiger partial charge in [-0.2, -0.15) is 0 Å². The maximum atomic E-state index is 13.6. The first-order valence-corrected chi connectivity index (χ1v) is 12.4. The van der Waals surface area contributed by atoms with E-state index >= 15 is 0 Å².